The fourth-order valence-corrected chi connectivity index (χ4v) is 2.83. The number of hydrogen-bond acceptors (Lipinski definition) is 5. The molecule has 1 amide bonds. The van der Waals surface area contributed by atoms with Crippen molar-refractivity contribution in [2.45, 2.75) is 13.5 Å². The van der Waals surface area contributed by atoms with Gasteiger partial charge in [0.05, 0.1) is 0 Å². The third-order valence-electron chi connectivity index (χ3n) is 4.16. The molecule has 2 aromatic carbocycles. The molecule has 0 bridgehead atoms. The number of rotatable bonds is 5. The summed E-state index contributed by atoms with van der Waals surface area (Å²) < 4.78 is 20.0. The van der Waals surface area contributed by atoms with E-state index in [4.69, 9.17) is 16.1 Å². The van der Waals surface area contributed by atoms with Crippen molar-refractivity contribution in [3.63, 3.8) is 0 Å². The third-order valence-corrected chi connectivity index (χ3v) is 4.42. The largest absolute Gasteiger partial charge is 0.334 e. The highest BCUT2D eigenvalue weighted by Gasteiger charge is 2.16. The number of halogens is 2. The lowest BCUT2D eigenvalue weighted by Crippen LogP contribution is -2.19. The van der Waals surface area contributed by atoms with E-state index in [2.05, 4.69) is 20.4 Å². The second-order valence-electron chi connectivity index (χ2n) is 6.29. The van der Waals surface area contributed by atoms with E-state index in [0.29, 0.717) is 27.8 Å². The molecule has 1 N–H and O–H groups in total. The minimum Gasteiger partial charge on any atom is -0.334 e. The molecule has 0 aliphatic rings. The number of hydrogen-bond donors (Lipinski definition) is 1. The summed E-state index contributed by atoms with van der Waals surface area (Å²) in [6, 6.07) is 12.6. The molecule has 0 radical (unpaired) electrons. The molecule has 4 aromatic rings. The standard InChI is InChI=1S/C20H15ClFN5O2/c1-12-23-17(19-25-20(29-26-19)13-2-6-15(22)7-3-13)10-27(12)11-18(28)24-16-8-4-14(21)5-9-16/h2-10H,11H2,1H3,(H,24,28). The van der Waals surface area contributed by atoms with E-state index >= 15 is 0 Å². The Kier molecular flexibility index (Phi) is 5.09. The van der Waals surface area contributed by atoms with Crippen molar-refractivity contribution in [1.82, 2.24) is 19.7 Å². The van der Waals surface area contributed by atoms with E-state index in [0.717, 1.165) is 0 Å². The first-order chi connectivity index (χ1) is 14.0. The molecular formula is C20H15ClFN5O2. The Balaban J connectivity index is 1.48. The van der Waals surface area contributed by atoms with Gasteiger partial charge in [0, 0.05) is 22.5 Å². The smallest absolute Gasteiger partial charge is 0.258 e. The van der Waals surface area contributed by atoms with Crippen LogP contribution in [0.15, 0.2) is 59.3 Å². The quantitative estimate of drug-likeness (QED) is 0.528. The van der Waals surface area contributed by atoms with Crippen LogP contribution in [0.4, 0.5) is 10.1 Å². The van der Waals surface area contributed by atoms with Gasteiger partial charge >= 0.3 is 0 Å². The molecule has 9 heteroatoms. The van der Waals surface area contributed by atoms with E-state index < -0.39 is 0 Å². The summed E-state index contributed by atoms with van der Waals surface area (Å²) in [5, 5.41) is 7.32. The lowest BCUT2D eigenvalue weighted by molar-refractivity contribution is -0.116. The van der Waals surface area contributed by atoms with Gasteiger partial charge < -0.3 is 14.4 Å². The normalized spacial score (nSPS) is 10.9. The molecule has 2 heterocycles. The Labute approximate surface area is 170 Å². The molecule has 7 nitrogen and oxygen atoms in total. The number of benzene rings is 2. The summed E-state index contributed by atoms with van der Waals surface area (Å²) in [5.74, 6) is 0.607. The molecule has 0 fully saturated rings. The first kappa shape index (κ1) is 18.8. The van der Waals surface area contributed by atoms with Crippen LogP contribution in [-0.4, -0.2) is 25.6 Å². The van der Waals surface area contributed by atoms with Crippen LogP contribution in [0.1, 0.15) is 5.82 Å². The van der Waals surface area contributed by atoms with Crippen LogP contribution < -0.4 is 5.32 Å². The number of nitrogens with zero attached hydrogens (tertiary/aromatic N) is 4. The van der Waals surface area contributed by atoms with E-state index in [1.165, 1.54) is 12.1 Å². The number of aromatic nitrogens is 4. The van der Waals surface area contributed by atoms with Crippen molar-refractivity contribution in [3.05, 3.63) is 71.4 Å². The predicted molar refractivity (Wildman–Crippen MR) is 106 cm³/mol. The zero-order chi connectivity index (χ0) is 20.4. The van der Waals surface area contributed by atoms with Crippen molar-refractivity contribution in [1.29, 1.82) is 0 Å². The Hall–Kier alpha value is -3.52. The number of carbonyl (C=O) groups is 1. The SMILES string of the molecule is Cc1nc(-c2noc(-c3ccc(F)cc3)n2)cn1CC(=O)Nc1ccc(Cl)cc1. The maximum Gasteiger partial charge on any atom is 0.258 e. The van der Waals surface area contributed by atoms with Crippen LogP contribution in [0.2, 0.25) is 5.02 Å². The van der Waals surface area contributed by atoms with E-state index in [1.54, 1.807) is 54.1 Å². The maximum atomic E-state index is 13.1. The van der Waals surface area contributed by atoms with E-state index in [1.807, 2.05) is 0 Å². The van der Waals surface area contributed by atoms with Crippen LogP contribution in [0.25, 0.3) is 23.0 Å². The van der Waals surface area contributed by atoms with Gasteiger partial charge in [0.1, 0.15) is 23.9 Å². The number of carbonyl (C=O) groups excluding carboxylic acids is 1. The lowest BCUT2D eigenvalue weighted by atomic mass is 10.2. The third kappa shape index (κ3) is 4.33. The molecule has 146 valence electrons. The molecule has 0 aliphatic heterocycles. The number of nitrogens with one attached hydrogen (secondary N) is 1. The summed E-state index contributed by atoms with van der Waals surface area (Å²) in [4.78, 5) is 21.0. The van der Waals surface area contributed by atoms with Crippen molar-refractivity contribution >= 4 is 23.2 Å². The minimum absolute atomic E-state index is 0.0735. The molecular weight excluding hydrogens is 397 g/mol. The molecule has 2 aromatic heterocycles. The van der Waals surface area contributed by atoms with Crippen LogP contribution in [0.3, 0.4) is 0 Å². The van der Waals surface area contributed by atoms with Crippen LogP contribution in [0.5, 0.6) is 0 Å². The summed E-state index contributed by atoms with van der Waals surface area (Å²) in [7, 11) is 0. The topological polar surface area (TPSA) is 85.8 Å². The van der Waals surface area contributed by atoms with Gasteiger partial charge in [-0.3, -0.25) is 4.79 Å². The zero-order valence-corrected chi connectivity index (χ0v) is 16.0. The first-order valence-corrected chi connectivity index (χ1v) is 9.05. The second kappa shape index (κ2) is 7.84. The molecule has 0 saturated carbocycles. The fraction of sp³-hybridized carbons (Fsp3) is 0.100. The Morgan fingerprint density at radius 1 is 1.14 bits per heavy atom. The van der Waals surface area contributed by atoms with Crippen molar-refractivity contribution in [3.8, 4) is 23.0 Å². The van der Waals surface area contributed by atoms with Crippen molar-refractivity contribution in [2.24, 2.45) is 0 Å². The van der Waals surface area contributed by atoms with Gasteiger partial charge in [0.2, 0.25) is 11.7 Å². The van der Waals surface area contributed by atoms with Gasteiger partial charge in [-0.15, -0.1) is 0 Å². The summed E-state index contributed by atoms with van der Waals surface area (Å²) in [5.41, 5.74) is 1.72. The zero-order valence-electron chi connectivity index (χ0n) is 15.3. The average molecular weight is 412 g/mol. The van der Waals surface area contributed by atoms with Crippen molar-refractivity contribution in [2.75, 3.05) is 5.32 Å². The molecule has 0 atom stereocenters. The van der Waals surface area contributed by atoms with Crippen LogP contribution in [-0.2, 0) is 11.3 Å². The fourth-order valence-electron chi connectivity index (χ4n) is 2.70. The number of amides is 1. The number of imidazole rings is 1. The highest BCUT2D eigenvalue weighted by molar-refractivity contribution is 6.30. The van der Waals surface area contributed by atoms with Gasteiger partial charge in [0.15, 0.2) is 0 Å². The Morgan fingerprint density at radius 3 is 2.59 bits per heavy atom. The first-order valence-electron chi connectivity index (χ1n) is 8.67. The highest BCUT2D eigenvalue weighted by Crippen LogP contribution is 2.22. The van der Waals surface area contributed by atoms with E-state index in [9.17, 15) is 9.18 Å². The molecule has 29 heavy (non-hydrogen) atoms. The lowest BCUT2D eigenvalue weighted by Gasteiger charge is -2.07. The second-order valence-corrected chi connectivity index (χ2v) is 6.72. The molecule has 0 aliphatic carbocycles. The number of aryl methyl sites for hydroxylation is 1. The monoisotopic (exact) mass is 411 g/mol. The summed E-state index contributed by atoms with van der Waals surface area (Å²) in [6.07, 6.45) is 1.68. The number of anilines is 1. The van der Waals surface area contributed by atoms with Gasteiger partial charge in [0.25, 0.3) is 5.89 Å². The van der Waals surface area contributed by atoms with Crippen LogP contribution >= 0.6 is 11.6 Å². The molecule has 0 unspecified atom stereocenters. The summed E-state index contributed by atoms with van der Waals surface area (Å²) in [6.45, 7) is 1.85. The Bertz CT molecular complexity index is 1150. The Morgan fingerprint density at radius 2 is 1.86 bits per heavy atom. The average Bonchev–Trinajstić information content (AvgIpc) is 3.32. The van der Waals surface area contributed by atoms with Gasteiger partial charge in [-0.2, -0.15) is 4.98 Å². The highest BCUT2D eigenvalue weighted by atomic mass is 35.5. The van der Waals surface area contributed by atoms with Crippen LogP contribution in [0, 0.1) is 12.7 Å². The maximum absolute atomic E-state index is 13.1. The van der Waals surface area contributed by atoms with E-state index in [-0.39, 0.29) is 30.0 Å². The van der Waals surface area contributed by atoms with Gasteiger partial charge in [-0.1, -0.05) is 16.8 Å². The van der Waals surface area contributed by atoms with Gasteiger partial charge in [-0.05, 0) is 55.5 Å². The summed E-state index contributed by atoms with van der Waals surface area (Å²) >= 11 is 5.85. The molecule has 0 spiro atoms. The minimum atomic E-state index is -0.347. The molecule has 0 saturated heterocycles. The van der Waals surface area contributed by atoms with Crippen molar-refractivity contribution < 1.29 is 13.7 Å². The predicted octanol–water partition coefficient (Wildman–Crippen LogP) is 4.34. The molecule has 4 rings (SSSR count). The van der Waals surface area contributed by atoms with Gasteiger partial charge in [-0.25, -0.2) is 9.37 Å².